The number of amides is 1. The molecule has 1 aliphatic rings. The van der Waals surface area contributed by atoms with Crippen LogP contribution < -0.4 is 11.1 Å². The fourth-order valence-electron chi connectivity index (χ4n) is 2.62. The minimum atomic E-state index is -0.355. The summed E-state index contributed by atoms with van der Waals surface area (Å²) in [5.41, 5.74) is 5.86. The molecule has 1 aromatic heterocycles. The number of carbonyl (C=O) groups is 1. The molecule has 0 aromatic carbocycles. The molecule has 4 nitrogen and oxygen atoms in total. The summed E-state index contributed by atoms with van der Waals surface area (Å²) in [5, 5.41) is 5.38. The summed E-state index contributed by atoms with van der Waals surface area (Å²) in [6.45, 7) is 0.780. The Morgan fingerprint density at radius 3 is 2.95 bits per heavy atom. The van der Waals surface area contributed by atoms with Crippen molar-refractivity contribution in [2.75, 3.05) is 7.11 Å². The van der Waals surface area contributed by atoms with E-state index in [1.807, 2.05) is 11.4 Å². The van der Waals surface area contributed by atoms with Gasteiger partial charge in [-0.2, -0.15) is 0 Å². The number of nitrogens with one attached hydrogen (secondary N) is 1. The Hall–Kier alpha value is -0.910. The van der Waals surface area contributed by atoms with Crippen LogP contribution in [-0.4, -0.2) is 25.2 Å². The number of hydrogen-bond acceptors (Lipinski definition) is 4. The number of carbonyl (C=O) groups excluding carboxylic acids is 1. The van der Waals surface area contributed by atoms with Crippen LogP contribution in [0, 0.1) is 0 Å². The number of ether oxygens (including phenoxy) is 1. The van der Waals surface area contributed by atoms with Gasteiger partial charge in [0, 0.05) is 30.0 Å². The highest BCUT2D eigenvalue weighted by Gasteiger charge is 2.22. The molecule has 0 unspecified atom stereocenters. The second kappa shape index (κ2) is 7.03. The molecule has 0 bridgehead atoms. The summed E-state index contributed by atoms with van der Waals surface area (Å²) in [4.78, 5) is 12.2. The van der Waals surface area contributed by atoms with Crippen LogP contribution in [0.3, 0.4) is 0 Å². The Labute approximate surface area is 118 Å². The van der Waals surface area contributed by atoms with E-state index in [-0.39, 0.29) is 5.91 Å². The fraction of sp³-hybridized carbons (Fsp3) is 0.643. The van der Waals surface area contributed by atoms with Gasteiger partial charge in [-0.15, -0.1) is 11.3 Å². The summed E-state index contributed by atoms with van der Waals surface area (Å²) in [6.07, 6.45) is 6.40. The van der Waals surface area contributed by atoms with Crippen molar-refractivity contribution >= 4 is 17.2 Å². The molecule has 1 fully saturated rings. The largest absolute Gasteiger partial charge is 0.380 e. The van der Waals surface area contributed by atoms with Crippen molar-refractivity contribution < 1.29 is 9.53 Å². The van der Waals surface area contributed by atoms with Crippen molar-refractivity contribution in [1.82, 2.24) is 5.32 Å². The molecule has 0 spiro atoms. The van der Waals surface area contributed by atoms with E-state index in [4.69, 9.17) is 10.5 Å². The van der Waals surface area contributed by atoms with Gasteiger partial charge in [0.1, 0.15) is 0 Å². The monoisotopic (exact) mass is 282 g/mol. The molecule has 1 saturated carbocycles. The van der Waals surface area contributed by atoms with E-state index in [1.165, 1.54) is 19.3 Å². The average Bonchev–Trinajstić information content (AvgIpc) is 2.76. The first-order valence-electron chi connectivity index (χ1n) is 6.84. The second-order valence-electron chi connectivity index (χ2n) is 5.07. The Balaban J connectivity index is 1.90. The fourth-order valence-corrected chi connectivity index (χ4v) is 3.45. The lowest BCUT2D eigenvalue weighted by molar-refractivity contribution is 0.0626. The van der Waals surface area contributed by atoms with E-state index in [0.717, 1.165) is 24.3 Å². The first kappa shape index (κ1) is 14.5. The van der Waals surface area contributed by atoms with Crippen molar-refractivity contribution in [2.24, 2.45) is 5.73 Å². The van der Waals surface area contributed by atoms with Gasteiger partial charge in [0.05, 0.1) is 11.7 Å². The smallest absolute Gasteiger partial charge is 0.249 e. The lowest BCUT2D eigenvalue weighted by Gasteiger charge is -2.24. The van der Waals surface area contributed by atoms with E-state index in [1.54, 1.807) is 18.4 Å². The van der Waals surface area contributed by atoms with E-state index < -0.39 is 0 Å². The quantitative estimate of drug-likeness (QED) is 0.814. The van der Waals surface area contributed by atoms with Crippen LogP contribution in [-0.2, 0) is 11.3 Å². The molecule has 2 rings (SSSR count). The molecule has 1 aliphatic carbocycles. The molecular formula is C14H22N2O2S. The molecule has 0 radical (unpaired) electrons. The molecule has 5 heteroatoms. The normalized spacial score (nSPS) is 24.1. The molecule has 19 heavy (non-hydrogen) atoms. The summed E-state index contributed by atoms with van der Waals surface area (Å²) < 4.78 is 5.58. The minimum Gasteiger partial charge on any atom is -0.380 e. The number of methoxy groups -OCH3 is 1. The van der Waals surface area contributed by atoms with Crippen LogP contribution in [0.2, 0.25) is 0 Å². The number of primary amides is 1. The maximum absolute atomic E-state index is 11.1. The lowest BCUT2D eigenvalue weighted by Crippen LogP contribution is -2.39. The van der Waals surface area contributed by atoms with Gasteiger partial charge in [-0.1, -0.05) is 19.3 Å². The molecule has 0 aliphatic heterocycles. The highest BCUT2D eigenvalue weighted by molar-refractivity contribution is 7.10. The standard InChI is InChI=1S/C14H22N2O2S/c1-18-13-6-4-2-3-5-12(13)16-8-11-7-10(9-19-11)14(15)17/h7,9,12-13,16H,2-6,8H2,1H3,(H2,15,17)/t12-,13+/m0/s1. The van der Waals surface area contributed by atoms with Crippen LogP contribution in [0.4, 0.5) is 0 Å². The summed E-state index contributed by atoms with van der Waals surface area (Å²) in [6, 6.07) is 2.28. The van der Waals surface area contributed by atoms with Gasteiger partial charge in [-0.05, 0) is 18.9 Å². The van der Waals surface area contributed by atoms with E-state index in [0.29, 0.717) is 17.7 Å². The summed E-state index contributed by atoms with van der Waals surface area (Å²) in [5.74, 6) is -0.355. The number of nitrogens with two attached hydrogens (primary N) is 1. The number of rotatable bonds is 5. The van der Waals surface area contributed by atoms with Gasteiger partial charge in [0.2, 0.25) is 5.91 Å². The molecule has 0 saturated heterocycles. The van der Waals surface area contributed by atoms with E-state index >= 15 is 0 Å². The van der Waals surface area contributed by atoms with E-state index in [2.05, 4.69) is 5.32 Å². The van der Waals surface area contributed by atoms with Gasteiger partial charge < -0.3 is 15.8 Å². The molecule has 1 aromatic rings. The zero-order valence-corrected chi connectivity index (χ0v) is 12.2. The SMILES string of the molecule is CO[C@@H]1CCCCC[C@@H]1NCc1cc(C(N)=O)cs1. The maximum Gasteiger partial charge on any atom is 0.249 e. The van der Waals surface area contributed by atoms with Crippen LogP contribution in [0.5, 0.6) is 0 Å². The third-order valence-corrected chi connectivity index (χ3v) is 4.67. The van der Waals surface area contributed by atoms with Gasteiger partial charge in [0.25, 0.3) is 0 Å². The molecule has 1 heterocycles. The highest BCUT2D eigenvalue weighted by Crippen LogP contribution is 2.21. The number of hydrogen-bond donors (Lipinski definition) is 2. The van der Waals surface area contributed by atoms with Gasteiger partial charge in [-0.25, -0.2) is 0 Å². The predicted molar refractivity (Wildman–Crippen MR) is 77.3 cm³/mol. The molecule has 3 N–H and O–H groups in total. The van der Waals surface area contributed by atoms with Gasteiger partial charge in [-0.3, -0.25) is 4.79 Å². The van der Waals surface area contributed by atoms with Crippen LogP contribution in [0.15, 0.2) is 11.4 Å². The van der Waals surface area contributed by atoms with E-state index in [9.17, 15) is 4.79 Å². The van der Waals surface area contributed by atoms with Crippen LogP contribution in [0.1, 0.15) is 47.3 Å². The summed E-state index contributed by atoms with van der Waals surface area (Å²) >= 11 is 1.58. The zero-order valence-electron chi connectivity index (χ0n) is 11.4. The third-order valence-electron chi connectivity index (χ3n) is 3.73. The Kier molecular flexibility index (Phi) is 5.36. The average molecular weight is 282 g/mol. The zero-order chi connectivity index (χ0) is 13.7. The van der Waals surface area contributed by atoms with Crippen molar-refractivity contribution in [3.8, 4) is 0 Å². The molecule has 1 amide bonds. The van der Waals surface area contributed by atoms with Crippen molar-refractivity contribution in [2.45, 2.75) is 50.8 Å². The van der Waals surface area contributed by atoms with Crippen LogP contribution >= 0.6 is 11.3 Å². The Bertz CT molecular complexity index is 419. The Morgan fingerprint density at radius 1 is 1.47 bits per heavy atom. The highest BCUT2D eigenvalue weighted by atomic mass is 32.1. The maximum atomic E-state index is 11.1. The summed E-state index contributed by atoms with van der Waals surface area (Å²) in [7, 11) is 1.79. The van der Waals surface area contributed by atoms with Crippen molar-refractivity contribution in [1.29, 1.82) is 0 Å². The predicted octanol–water partition coefficient (Wildman–Crippen LogP) is 2.28. The second-order valence-corrected chi connectivity index (χ2v) is 6.06. The first-order valence-corrected chi connectivity index (χ1v) is 7.72. The third kappa shape index (κ3) is 4.03. The van der Waals surface area contributed by atoms with Crippen molar-refractivity contribution in [3.05, 3.63) is 21.9 Å². The molecule has 106 valence electrons. The first-order chi connectivity index (χ1) is 9.20. The topological polar surface area (TPSA) is 64.3 Å². The molecule has 2 atom stereocenters. The van der Waals surface area contributed by atoms with Gasteiger partial charge in [0.15, 0.2) is 0 Å². The minimum absolute atomic E-state index is 0.304. The van der Waals surface area contributed by atoms with Crippen molar-refractivity contribution in [3.63, 3.8) is 0 Å². The van der Waals surface area contributed by atoms with Gasteiger partial charge >= 0.3 is 0 Å². The molecular weight excluding hydrogens is 260 g/mol. The lowest BCUT2D eigenvalue weighted by atomic mass is 10.1. The number of thiophene rings is 1. The van der Waals surface area contributed by atoms with Crippen LogP contribution in [0.25, 0.3) is 0 Å². The Morgan fingerprint density at radius 2 is 2.26 bits per heavy atom.